The number of hydrogen-bond acceptors (Lipinski definition) is 4. The zero-order chi connectivity index (χ0) is 25.4. The number of halogens is 1. The predicted molar refractivity (Wildman–Crippen MR) is 140 cm³/mol. The third kappa shape index (κ3) is 4.43. The van der Waals surface area contributed by atoms with E-state index in [-0.39, 0.29) is 23.5 Å². The van der Waals surface area contributed by atoms with Gasteiger partial charge in [-0.1, -0.05) is 25.3 Å². The Hall–Kier alpha value is -3.48. The SMILES string of the molecule is CC(=O)C(=C(C)N)c1ccc2c(c1)nc([C@H]1CCCC(=O)N1c1ccc(F)cc1)n2C1CCCCC1. The van der Waals surface area contributed by atoms with Gasteiger partial charge in [-0.3, -0.25) is 9.59 Å². The molecule has 2 fully saturated rings. The summed E-state index contributed by atoms with van der Waals surface area (Å²) < 4.78 is 16.0. The number of amides is 1. The highest BCUT2D eigenvalue weighted by atomic mass is 19.1. The Morgan fingerprint density at radius 3 is 2.39 bits per heavy atom. The molecule has 36 heavy (non-hydrogen) atoms. The maximum atomic E-state index is 13.7. The highest BCUT2D eigenvalue weighted by molar-refractivity contribution is 6.20. The van der Waals surface area contributed by atoms with Gasteiger partial charge in [0, 0.05) is 29.4 Å². The van der Waals surface area contributed by atoms with Gasteiger partial charge in [0.1, 0.15) is 11.6 Å². The summed E-state index contributed by atoms with van der Waals surface area (Å²) in [5.74, 6) is 0.485. The maximum Gasteiger partial charge on any atom is 0.227 e. The smallest absolute Gasteiger partial charge is 0.227 e. The zero-order valence-electron chi connectivity index (χ0n) is 21.0. The van der Waals surface area contributed by atoms with Crippen LogP contribution in [0.1, 0.15) is 88.7 Å². The van der Waals surface area contributed by atoms with Gasteiger partial charge in [-0.25, -0.2) is 9.37 Å². The number of anilines is 1. The fourth-order valence-electron chi connectivity index (χ4n) is 5.98. The summed E-state index contributed by atoms with van der Waals surface area (Å²) >= 11 is 0. The second kappa shape index (κ2) is 9.88. The first-order chi connectivity index (χ1) is 17.3. The van der Waals surface area contributed by atoms with E-state index in [1.165, 1.54) is 25.5 Å². The number of nitrogens with two attached hydrogens (primary N) is 1. The van der Waals surface area contributed by atoms with Gasteiger partial charge in [-0.15, -0.1) is 0 Å². The number of hydrogen-bond donors (Lipinski definition) is 1. The number of Topliss-reactive ketones (excluding diaryl/α,β-unsaturated/α-hetero) is 1. The molecule has 1 aromatic heterocycles. The van der Waals surface area contributed by atoms with E-state index in [0.29, 0.717) is 29.4 Å². The average Bonchev–Trinajstić information content (AvgIpc) is 3.23. The summed E-state index contributed by atoms with van der Waals surface area (Å²) in [6, 6.07) is 12.1. The largest absolute Gasteiger partial charge is 0.402 e. The summed E-state index contributed by atoms with van der Waals surface area (Å²) in [6.45, 7) is 3.26. The molecule has 3 aromatic rings. The fourth-order valence-corrected chi connectivity index (χ4v) is 5.98. The van der Waals surface area contributed by atoms with Crippen LogP contribution < -0.4 is 10.6 Å². The maximum absolute atomic E-state index is 13.7. The number of aromatic nitrogens is 2. The number of nitrogens with zero attached hydrogens (tertiary/aromatic N) is 3. The van der Waals surface area contributed by atoms with Crippen molar-refractivity contribution in [1.29, 1.82) is 0 Å². The van der Waals surface area contributed by atoms with Crippen LogP contribution in [-0.2, 0) is 9.59 Å². The summed E-state index contributed by atoms with van der Waals surface area (Å²) in [7, 11) is 0. The second-order valence-corrected chi connectivity index (χ2v) is 10.1. The van der Waals surface area contributed by atoms with E-state index in [1.807, 2.05) is 18.2 Å². The number of piperidine rings is 1. The predicted octanol–water partition coefficient (Wildman–Crippen LogP) is 6.22. The Kier molecular flexibility index (Phi) is 6.65. The van der Waals surface area contributed by atoms with Gasteiger partial charge in [0.25, 0.3) is 0 Å². The molecule has 2 aromatic carbocycles. The number of fused-ring (bicyclic) bond motifs is 1. The Labute approximate surface area is 211 Å². The number of ketones is 1. The molecule has 1 saturated heterocycles. The van der Waals surface area contributed by atoms with Crippen molar-refractivity contribution in [3.8, 4) is 0 Å². The van der Waals surface area contributed by atoms with Crippen molar-refractivity contribution in [3.63, 3.8) is 0 Å². The van der Waals surface area contributed by atoms with Crippen molar-refractivity contribution in [1.82, 2.24) is 9.55 Å². The lowest BCUT2D eigenvalue weighted by Gasteiger charge is -2.37. The van der Waals surface area contributed by atoms with E-state index in [9.17, 15) is 14.0 Å². The van der Waals surface area contributed by atoms with Crippen LogP contribution in [0.15, 0.2) is 48.2 Å². The van der Waals surface area contributed by atoms with Crippen LogP contribution >= 0.6 is 0 Å². The minimum Gasteiger partial charge on any atom is -0.402 e. The molecule has 0 radical (unpaired) electrons. The molecule has 0 unspecified atom stereocenters. The summed E-state index contributed by atoms with van der Waals surface area (Å²) in [5.41, 5.74) is 10.3. The first kappa shape index (κ1) is 24.2. The van der Waals surface area contributed by atoms with E-state index < -0.39 is 0 Å². The molecule has 6 nitrogen and oxygen atoms in total. The van der Waals surface area contributed by atoms with E-state index in [1.54, 1.807) is 24.0 Å². The lowest BCUT2D eigenvalue weighted by atomic mass is 9.93. The van der Waals surface area contributed by atoms with Crippen molar-refractivity contribution in [2.75, 3.05) is 4.90 Å². The lowest BCUT2D eigenvalue weighted by Crippen LogP contribution is -2.40. The zero-order valence-corrected chi connectivity index (χ0v) is 21.0. The Balaban J connectivity index is 1.68. The Morgan fingerprint density at radius 1 is 1.00 bits per heavy atom. The summed E-state index contributed by atoms with van der Waals surface area (Å²) in [4.78, 5) is 32.4. The monoisotopic (exact) mass is 488 g/mol. The van der Waals surface area contributed by atoms with Gasteiger partial charge in [0.15, 0.2) is 5.78 Å². The van der Waals surface area contributed by atoms with Crippen LogP contribution in [0.3, 0.4) is 0 Å². The molecule has 7 heteroatoms. The van der Waals surface area contributed by atoms with E-state index in [4.69, 9.17) is 10.7 Å². The number of carbonyl (C=O) groups is 2. The second-order valence-electron chi connectivity index (χ2n) is 10.1. The number of carbonyl (C=O) groups excluding carboxylic acids is 2. The first-order valence-electron chi connectivity index (χ1n) is 12.9. The van der Waals surface area contributed by atoms with Gasteiger partial charge in [-0.05, 0) is 81.5 Å². The van der Waals surface area contributed by atoms with Gasteiger partial charge in [-0.2, -0.15) is 0 Å². The molecular weight excluding hydrogens is 455 g/mol. The Bertz CT molecular complexity index is 1330. The molecule has 5 rings (SSSR count). The van der Waals surface area contributed by atoms with Crippen LogP contribution in [-0.4, -0.2) is 21.2 Å². The van der Waals surface area contributed by atoms with Crippen LogP contribution in [0.4, 0.5) is 10.1 Å². The molecule has 1 aliphatic carbocycles. The minimum atomic E-state index is -0.328. The molecule has 188 valence electrons. The standard InChI is InChI=1S/C29H33FN4O2/c1-18(31)28(19(2)35)20-11-16-25-24(17-20)32-29(34(25)22-7-4-3-5-8-22)26-9-6-10-27(36)33(26)23-14-12-21(30)13-15-23/h11-17,22,26H,3-10,31H2,1-2H3/t26-/m1/s1. The van der Waals surface area contributed by atoms with Gasteiger partial charge >= 0.3 is 0 Å². The highest BCUT2D eigenvalue weighted by Gasteiger charge is 2.35. The molecule has 1 amide bonds. The number of rotatable bonds is 5. The van der Waals surface area contributed by atoms with Gasteiger partial charge < -0.3 is 15.2 Å². The molecular formula is C29H33FN4O2. The normalized spacial score (nSPS) is 20.0. The number of benzene rings is 2. The highest BCUT2D eigenvalue weighted by Crippen LogP contribution is 2.41. The summed E-state index contributed by atoms with van der Waals surface area (Å²) in [5, 5.41) is 0. The fraction of sp³-hybridized carbons (Fsp3) is 0.414. The van der Waals surface area contributed by atoms with Crippen LogP contribution in [0, 0.1) is 5.82 Å². The third-order valence-electron chi connectivity index (χ3n) is 7.54. The number of imidazole rings is 1. The molecule has 1 saturated carbocycles. The molecule has 0 spiro atoms. The molecule has 0 bridgehead atoms. The first-order valence-corrected chi connectivity index (χ1v) is 12.9. The molecule has 1 aliphatic heterocycles. The molecule has 1 atom stereocenters. The summed E-state index contributed by atoms with van der Waals surface area (Å²) in [6.07, 6.45) is 7.72. The van der Waals surface area contributed by atoms with E-state index in [2.05, 4.69) is 4.57 Å². The Morgan fingerprint density at radius 2 is 1.72 bits per heavy atom. The molecule has 2 aliphatic rings. The third-order valence-corrected chi connectivity index (χ3v) is 7.54. The van der Waals surface area contributed by atoms with Crippen LogP contribution in [0.2, 0.25) is 0 Å². The van der Waals surface area contributed by atoms with Crippen molar-refractivity contribution in [2.45, 2.75) is 77.3 Å². The van der Waals surface area contributed by atoms with Crippen molar-refractivity contribution >= 4 is 34.0 Å². The number of allylic oxidation sites excluding steroid dienone is 2. The van der Waals surface area contributed by atoms with Crippen LogP contribution in [0.25, 0.3) is 16.6 Å². The van der Waals surface area contributed by atoms with Crippen molar-refractivity contribution in [3.05, 3.63) is 65.4 Å². The lowest BCUT2D eigenvalue weighted by molar-refractivity contribution is -0.120. The van der Waals surface area contributed by atoms with Gasteiger partial charge in [0.2, 0.25) is 5.91 Å². The topological polar surface area (TPSA) is 81.2 Å². The quantitative estimate of drug-likeness (QED) is 0.433. The average molecular weight is 489 g/mol. The van der Waals surface area contributed by atoms with E-state index in [0.717, 1.165) is 60.9 Å². The van der Waals surface area contributed by atoms with Gasteiger partial charge in [0.05, 0.1) is 17.1 Å². The molecule has 2 N–H and O–H groups in total. The van der Waals surface area contributed by atoms with Crippen molar-refractivity contribution in [2.24, 2.45) is 5.73 Å². The molecule has 2 heterocycles. The van der Waals surface area contributed by atoms with E-state index >= 15 is 0 Å². The van der Waals surface area contributed by atoms with Crippen molar-refractivity contribution < 1.29 is 14.0 Å². The minimum absolute atomic E-state index is 0.0290. The van der Waals surface area contributed by atoms with Crippen LogP contribution in [0.5, 0.6) is 0 Å².